The van der Waals surface area contributed by atoms with Crippen LogP contribution in [0.1, 0.15) is 31.4 Å². The molecule has 1 aliphatic rings. The molecule has 1 fully saturated rings. The van der Waals surface area contributed by atoms with Crippen molar-refractivity contribution < 1.29 is 42.0 Å². The molecule has 0 spiro atoms. The highest BCUT2D eigenvalue weighted by molar-refractivity contribution is 6.01. The Balaban J connectivity index is 1.78. The zero-order valence-corrected chi connectivity index (χ0v) is 23.6. The molecule has 2 N–H and O–H groups in total. The minimum atomic E-state index is -3.22. The van der Waals surface area contributed by atoms with E-state index in [0.29, 0.717) is 23.4 Å². The number of benzene rings is 2. The number of likely N-dealkylation sites (N-methyl/N-ethyl adjacent to an activating group) is 1. The van der Waals surface area contributed by atoms with Crippen LogP contribution in [0.5, 0.6) is 11.5 Å². The van der Waals surface area contributed by atoms with E-state index >= 15 is 0 Å². The Morgan fingerprint density at radius 3 is 2.26 bits per heavy atom. The number of aromatic nitrogens is 1. The second-order valence-corrected chi connectivity index (χ2v) is 10.7. The molecule has 1 aromatic heterocycles. The molecule has 12 heteroatoms. The third-order valence-electron chi connectivity index (χ3n) is 7.44. The van der Waals surface area contributed by atoms with Crippen molar-refractivity contribution in [3.63, 3.8) is 0 Å². The predicted molar refractivity (Wildman–Crippen MR) is 149 cm³/mol. The number of carbonyl (C=O) groups is 1. The topological polar surface area (TPSA) is 95.4 Å². The summed E-state index contributed by atoms with van der Waals surface area (Å²) in [6.45, 7) is -1.04. The van der Waals surface area contributed by atoms with E-state index in [1.165, 1.54) is 7.05 Å². The van der Waals surface area contributed by atoms with Crippen molar-refractivity contribution in [2.45, 2.75) is 58.0 Å². The van der Waals surface area contributed by atoms with Crippen LogP contribution in [0.15, 0.2) is 54.7 Å². The van der Waals surface area contributed by atoms with Gasteiger partial charge in [-0.25, -0.2) is 4.98 Å². The van der Waals surface area contributed by atoms with Crippen LogP contribution in [0.3, 0.4) is 0 Å². The van der Waals surface area contributed by atoms with Gasteiger partial charge in [-0.05, 0) is 55.5 Å². The maximum Gasteiger partial charge on any atom is 0.387 e. The SMILES string of the molecule is Cc1ccccc1-c1cc(N2C[C@H](O)C[C@H]2CO)ncc1C(C)(C)C(=O)N(C)c1cc(OC(F)F)cc(OC(F)F)c1. The van der Waals surface area contributed by atoms with Crippen LogP contribution in [0.2, 0.25) is 0 Å². The molecule has 2 aromatic carbocycles. The monoisotopic (exact) mass is 591 g/mol. The first-order valence-electron chi connectivity index (χ1n) is 13.3. The average molecular weight is 592 g/mol. The molecule has 2 heterocycles. The summed E-state index contributed by atoms with van der Waals surface area (Å²) in [4.78, 5) is 21.6. The number of ether oxygens (including phenoxy) is 2. The molecule has 0 unspecified atom stereocenters. The molecule has 42 heavy (non-hydrogen) atoms. The van der Waals surface area contributed by atoms with E-state index in [2.05, 4.69) is 14.5 Å². The fourth-order valence-corrected chi connectivity index (χ4v) is 5.29. The average Bonchev–Trinajstić information content (AvgIpc) is 3.32. The first-order chi connectivity index (χ1) is 19.8. The molecule has 8 nitrogen and oxygen atoms in total. The minimum absolute atomic E-state index is 0.000683. The summed E-state index contributed by atoms with van der Waals surface area (Å²) in [7, 11) is 1.39. The summed E-state index contributed by atoms with van der Waals surface area (Å²) < 4.78 is 60.6. The zero-order chi connectivity index (χ0) is 30.8. The molecule has 4 rings (SSSR count). The fraction of sp³-hybridized carbons (Fsp3) is 0.400. The van der Waals surface area contributed by atoms with Gasteiger partial charge in [0.05, 0.1) is 29.9 Å². The summed E-state index contributed by atoms with van der Waals surface area (Å²) in [5.41, 5.74) is 1.74. The Labute approximate surface area is 241 Å². The quantitative estimate of drug-likeness (QED) is 0.316. The van der Waals surface area contributed by atoms with E-state index in [1.807, 2.05) is 42.2 Å². The molecule has 226 valence electrons. The van der Waals surface area contributed by atoms with Gasteiger partial charge in [0.1, 0.15) is 17.3 Å². The maximum atomic E-state index is 14.0. The molecule has 1 amide bonds. The van der Waals surface area contributed by atoms with E-state index < -0.39 is 42.1 Å². The Kier molecular flexibility index (Phi) is 9.27. The molecule has 0 bridgehead atoms. The second-order valence-electron chi connectivity index (χ2n) is 10.7. The van der Waals surface area contributed by atoms with Crippen LogP contribution in [-0.2, 0) is 10.2 Å². The molecule has 0 aliphatic carbocycles. The molecule has 0 radical (unpaired) electrons. The van der Waals surface area contributed by atoms with Crippen molar-refractivity contribution >= 4 is 17.4 Å². The van der Waals surface area contributed by atoms with Gasteiger partial charge in [-0.2, -0.15) is 17.6 Å². The summed E-state index contributed by atoms with van der Waals surface area (Å²) in [6, 6.07) is 12.2. The number of alkyl halides is 4. The number of β-amino-alcohol motifs (C(OH)–C–C–N with tert-alkyl or cyclic N) is 1. The molecule has 1 aliphatic heterocycles. The number of rotatable bonds is 10. The summed E-state index contributed by atoms with van der Waals surface area (Å²) in [6.07, 6.45) is 1.34. The molecule has 3 aromatic rings. The van der Waals surface area contributed by atoms with E-state index in [-0.39, 0.29) is 24.9 Å². The molecule has 1 saturated heterocycles. The number of aryl methyl sites for hydroxylation is 1. The fourth-order valence-electron chi connectivity index (χ4n) is 5.29. The van der Waals surface area contributed by atoms with Gasteiger partial charge in [-0.3, -0.25) is 4.79 Å². The first kappa shape index (κ1) is 31.0. The first-order valence-corrected chi connectivity index (χ1v) is 13.3. The van der Waals surface area contributed by atoms with E-state index in [9.17, 15) is 32.6 Å². The van der Waals surface area contributed by atoms with Crippen LogP contribution < -0.4 is 19.3 Å². The highest BCUT2D eigenvalue weighted by Gasteiger charge is 2.38. The highest BCUT2D eigenvalue weighted by Crippen LogP contribution is 2.40. The van der Waals surface area contributed by atoms with Crippen molar-refractivity contribution in [1.29, 1.82) is 0 Å². The normalized spacial score (nSPS) is 17.2. The number of nitrogens with zero attached hydrogens (tertiary/aromatic N) is 3. The smallest absolute Gasteiger partial charge is 0.387 e. The van der Waals surface area contributed by atoms with Crippen LogP contribution in [0.4, 0.5) is 29.1 Å². The Morgan fingerprint density at radius 2 is 1.69 bits per heavy atom. The number of pyridine rings is 1. The Morgan fingerprint density at radius 1 is 1.07 bits per heavy atom. The number of amides is 1. The van der Waals surface area contributed by atoms with Gasteiger partial charge >= 0.3 is 13.2 Å². The van der Waals surface area contributed by atoms with Crippen molar-refractivity contribution in [3.05, 3.63) is 65.9 Å². The summed E-state index contributed by atoms with van der Waals surface area (Å²) in [5.74, 6) is -0.870. The summed E-state index contributed by atoms with van der Waals surface area (Å²) in [5, 5.41) is 20.1. The highest BCUT2D eigenvalue weighted by atomic mass is 19.3. The van der Waals surface area contributed by atoms with Gasteiger partial charge in [0.2, 0.25) is 5.91 Å². The number of anilines is 2. The van der Waals surface area contributed by atoms with Crippen LogP contribution in [-0.4, -0.2) is 66.7 Å². The van der Waals surface area contributed by atoms with Crippen molar-refractivity contribution in [2.24, 2.45) is 0 Å². The number of aliphatic hydroxyl groups excluding tert-OH is 2. The standard InChI is InChI=1S/C30H33F4N3O5/c1-17-7-5-6-8-23(17)24-13-26(37-15-20(39)9-19(37)16-38)35-14-25(24)30(2,3)27(40)36(4)18-10-21(41-28(31)32)12-22(11-18)42-29(33)34/h5-8,10-14,19-20,28-29,38-39H,9,15-16H2,1-4H3/t19-,20+/m0/s1. The van der Waals surface area contributed by atoms with Gasteiger partial charge in [0, 0.05) is 38.0 Å². The van der Waals surface area contributed by atoms with Crippen molar-refractivity contribution in [1.82, 2.24) is 4.98 Å². The number of carbonyl (C=O) groups excluding carboxylic acids is 1. The second kappa shape index (κ2) is 12.5. The largest absolute Gasteiger partial charge is 0.435 e. The lowest BCUT2D eigenvalue weighted by Crippen LogP contribution is -2.42. The molecule has 0 saturated carbocycles. The third-order valence-corrected chi connectivity index (χ3v) is 7.44. The lowest BCUT2D eigenvalue weighted by atomic mass is 9.79. The number of hydrogen-bond donors (Lipinski definition) is 2. The van der Waals surface area contributed by atoms with Crippen molar-refractivity contribution in [3.8, 4) is 22.6 Å². The van der Waals surface area contributed by atoms with Gasteiger partial charge in [0.15, 0.2) is 0 Å². The van der Waals surface area contributed by atoms with E-state index in [0.717, 1.165) is 34.2 Å². The minimum Gasteiger partial charge on any atom is -0.435 e. The van der Waals surface area contributed by atoms with Crippen molar-refractivity contribution in [2.75, 3.05) is 30.0 Å². The molecular formula is C30H33F4N3O5. The van der Waals surface area contributed by atoms with Crippen LogP contribution >= 0.6 is 0 Å². The Hall–Kier alpha value is -3.90. The zero-order valence-electron chi connectivity index (χ0n) is 23.6. The summed E-state index contributed by atoms with van der Waals surface area (Å²) >= 11 is 0. The maximum absolute atomic E-state index is 14.0. The van der Waals surface area contributed by atoms with Crippen LogP contribution in [0.25, 0.3) is 11.1 Å². The van der Waals surface area contributed by atoms with E-state index in [4.69, 9.17) is 0 Å². The lowest BCUT2D eigenvalue weighted by Gasteiger charge is -2.33. The number of hydrogen-bond acceptors (Lipinski definition) is 7. The van der Waals surface area contributed by atoms with Gasteiger partial charge in [0.25, 0.3) is 0 Å². The van der Waals surface area contributed by atoms with E-state index in [1.54, 1.807) is 20.0 Å². The Bertz CT molecular complexity index is 1390. The molecular weight excluding hydrogens is 558 g/mol. The van der Waals surface area contributed by atoms with Gasteiger partial charge in [-0.15, -0.1) is 0 Å². The lowest BCUT2D eigenvalue weighted by molar-refractivity contribution is -0.122. The van der Waals surface area contributed by atoms with Gasteiger partial charge in [-0.1, -0.05) is 24.3 Å². The number of halogens is 4. The third kappa shape index (κ3) is 6.60. The van der Waals surface area contributed by atoms with Gasteiger partial charge < -0.3 is 29.5 Å². The van der Waals surface area contributed by atoms with Crippen LogP contribution in [0, 0.1) is 6.92 Å². The molecule has 2 atom stereocenters. The predicted octanol–water partition coefficient (Wildman–Crippen LogP) is 5.13. The number of aliphatic hydroxyl groups is 2.